The summed E-state index contributed by atoms with van der Waals surface area (Å²) in [5.74, 6) is -0.0423. The number of aromatic hydroxyl groups is 1. The SMILES string of the molecule is CCC(=O)Nc1cc(NC)ccc1O. The van der Waals surface area contributed by atoms with Crippen LogP contribution in [0.4, 0.5) is 11.4 Å². The maximum absolute atomic E-state index is 11.1. The quantitative estimate of drug-likeness (QED) is 0.507. The highest BCUT2D eigenvalue weighted by Gasteiger charge is 2.04. The summed E-state index contributed by atoms with van der Waals surface area (Å²) in [5, 5.41) is 15.0. The van der Waals surface area contributed by atoms with Gasteiger partial charge in [0, 0.05) is 19.2 Å². The number of carbonyl (C=O) groups is 1. The molecule has 0 heterocycles. The van der Waals surface area contributed by atoms with E-state index in [1.54, 1.807) is 26.1 Å². The van der Waals surface area contributed by atoms with Gasteiger partial charge in [0.25, 0.3) is 0 Å². The fourth-order valence-electron chi connectivity index (χ4n) is 1.03. The van der Waals surface area contributed by atoms with Crippen LogP contribution in [-0.4, -0.2) is 18.1 Å². The highest BCUT2D eigenvalue weighted by molar-refractivity contribution is 5.92. The molecule has 1 aromatic rings. The molecule has 76 valence electrons. The molecule has 4 heteroatoms. The first-order valence-electron chi connectivity index (χ1n) is 4.48. The Hall–Kier alpha value is -1.71. The molecule has 0 aliphatic heterocycles. The van der Waals surface area contributed by atoms with Crippen molar-refractivity contribution in [3.05, 3.63) is 18.2 Å². The van der Waals surface area contributed by atoms with Crippen LogP contribution in [-0.2, 0) is 4.79 Å². The molecule has 0 fully saturated rings. The Balaban J connectivity index is 2.89. The lowest BCUT2D eigenvalue weighted by molar-refractivity contribution is -0.115. The normalized spacial score (nSPS) is 9.57. The zero-order valence-corrected chi connectivity index (χ0v) is 8.29. The average Bonchev–Trinajstić information content (AvgIpc) is 2.21. The molecule has 14 heavy (non-hydrogen) atoms. The third-order valence-corrected chi connectivity index (χ3v) is 1.88. The van der Waals surface area contributed by atoms with Crippen molar-refractivity contribution in [2.75, 3.05) is 17.7 Å². The van der Waals surface area contributed by atoms with E-state index in [2.05, 4.69) is 10.6 Å². The summed E-state index contributed by atoms with van der Waals surface area (Å²) in [7, 11) is 1.78. The van der Waals surface area contributed by atoms with E-state index >= 15 is 0 Å². The number of hydrogen-bond acceptors (Lipinski definition) is 3. The largest absolute Gasteiger partial charge is 0.506 e. The first-order valence-corrected chi connectivity index (χ1v) is 4.48. The van der Waals surface area contributed by atoms with Crippen molar-refractivity contribution in [2.45, 2.75) is 13.3 Å². The summed E-state index contributed by atoms with van der Waals surface area (Å²) in [5.41, 5.74) is 1.28. The molecule has 0 bridgehead atoms. The van der Waals surface area contributed by atoms with Crippen molar-refractivity contribution in [3.8, 4) is 5.75 Å². The molecule has 0 radical (unpaired) electrons. The molecule has 0 aliphatic carbocycles. The minimum absolute atomic E-state index is 0.0748. The molecule has 1 amide bonds. The molecule has 1 aromatic carbocycles. The molecule has 4 nitrogen and oxygen atoms in total. The van der Waals surface area contributed by atoms with Gasteiger partial charge in [-0.3, -0.25) is 4.79 Å². The number of amides is 1. The molecule has 0 spiro atoms. The molecular formula is C10H14N2O2. The van der Waals surface area contributed by atoms with Crippen molar-refractivity contribution >= 4 is 17.3 Å². The van der Waals surface area contributed by atoms with E-state index in [0.717, 1.165) is 5.69 Å². The molecular weight excluding hydrogens is 180 g/mol. The first-order chi connectivity index (χ1) is 6.67. The molecule has 0 unspecified atom stereocenters. The first kappa shape index (κ1) is 10.4. The van der Waals surface area contributed by atoms with Crippen LogP contribution in [0.25, 0.3) is 0 Å². The predicted octanol–water partition coefficient (Wildman–Crippen LogP) is 1.78. The molecule has 0 aliphatic rings. The summed E-state index contributed by atoms with van der Waals surface area (Å²) >= 11 is 0. The van der Waals surface area contributed by atoms with E-state index in [0.29, 0.717) is 12.1 Å². The van der Waals surface area contributed by atoms with Crippen LogP contribution in [0, 0.1) is 0 Å². The Morgan fingerprint density at radius 3 is 2.79 bits per heavy atom. The third-order valence-electron chi connectivity index (χ3n) is 1.88. The summed E-state index contributed by atoms with van der Waals surface area (Å²) < 4.78 is 0. The summed E-state index contributed by atoms with van der Waals surface area (Å²) in [6, 6.07) is 4.96. The van der Waals surface area contributed by atoms with Crippen molar-refractivity contribution in [1.29, 1.82) is 0 Å². The molecule has 0 aromatic heterocycles. The Labute approximate surface area is 82.9 Å². The monoisotopic (exact) mass is 194 g/mol. The van der Waals surface area contributed by atoms with Gasteiger partial charge in [-0.25, -0.2) is 0 Å². The second-order valence-electron chi connectivity index (χ2n) is 2.88. The van der Waals surface area contributed by atoms with E-state index in [-0.39, 0.29) is 11.7 Å². The van der Waals surface area contributed by atoms with E-state index in [9.17, 15) is 9.90 Å². The minimum Gasteiger partial charge on any atom is -0.506 e. The van der Waals surface area contributed by atoms with Crippen LogP contribution in [0.5, 0.6) is 5.75 Å². The minimum atomic E-state index is -0.117. The van der Waals surface area contributed by atoms with Gasteiger partial charge in [0.05, 0.1) is 5.69 Å². The smallest absolute Gasteiger partial charge is 0.224 e. The molecule has 1 rings (SSSR count). The molecule has 3 N–H and O–H groups in total. The van der Waals surface area contributed by atoms with Gasteiger partial charge < -0.3 is 15.7 Å². The summed E-state index contributed by atoms with van der Waals surface area (Å²) in [6.45, 7) is 1.76. The molecule has 0 saturated carbocycles. The number of rotatable bonds is 3. The Kier molecular flexibility index (Phi) is 3.34. The van der Waals surface area contributed by atoms with Crippen molar-refractivity contribution in [2.24, 2.45) is 0 Å². The predicted molar refractivity (Wildman–Crippen MR) is 56.6 cm³/mol. The number of nitrogens with one attached hydrogen (secondary N) is 2. The zero-order chi connectivity index (χ0) is 10.6. The lowest BCUT2D eigenvalue weighted by atomic mass is 10.2. The summed E-state index contributed by atoms with van der Waals surface area (Å²) in [4.78, 5) is 11.1. The van der Waals surface area contributed by atoms with Crippen molar-refractivity contribution in [1.82, 2.24) is 0 Å². The van der Waals surface area contributed by atoms with Crippen LogP contribution in [0.1, 0.15) is 13.3 Å². The lowest BCUT2D eigenvalue weighted by Crippen LogP contribution is -2.09. The van der Waals surface area contributed by atoms with Crippen LogP contribution in [0.2, 0.25) is 0 Å². The highest BCUT2D eigenvalue weighted by Crippen LogP contribution is 2.26. The van der Waals surface area contributed by atoms with Crippen molar-refractivity contribution in [3.63, 3.8) is 0 Å². The number of anilines is 2. The van der Waals surface area contributed by atoms with Gasteiger partial charge in [0.1, 0.15) is 5.75 Å². The van der Waals surface area contributed by atoms with Gasteiger partial charge in [0.2, 0.25) is 5.91 Å². The van der Waals surface area contributed by atoms with E-state index < -0.39 is 0 Å². The number of hydrogen-bond donors (Lipinski definition) is 3. The topological polar surface area (TPSA) is 61.4 Å². The maximum atomic E-state index is 11.1. The van der Waals surface area contributed by atoms with Gasteiger partial charge in [-0.15, -0.1) is 0 Å². The van der Waals surface area contributed by atoms with Gasteiger partial charge in [-0.05, 0) is 18.2 Å². The van der Waals surface area contributed by atoms with Gasteiger partial charge in [-0.1, -0.05) is 6.92 Å². The fraction of sp³-hybridized carbons (Fsp3) is 0.300. The number of benzene rings is 1. The number of phenolic OH excluding ortho intramolecular Hbond substituents is 1. The number of carbonyl (C=O) groups excluding carboxylic acids is 1. The van der Waals surface area contributed by atoms with E-state index in [1.165, 1.54) is 6.07 Å². The van der Waals surface area contributed by atoms with Crippen LogP contribution >= 0.6 is 0 Å². The second kappa shape index (κ2) is 4.50. The second-order valence-corrected chi connectivity index (χ2v) is 2.88. The Morgan fingerprint density at radius 2 is 2.21 bits per heavy atom. The molecule has 0 saturated heterocycles. The van der Waals surface area contributed by atoms with Crippen LogP contribution in [0.3, 0.4) is 0 Å². The van der Waals surface area contributed by atoms with Crippen molar-refractivity contribution < 1.29 is 9.90 Å². The maximum Gasteiger partial charge on any atom is 0.224 e. The van der Waals surface area contributed by atoms with Gasteiger partial charge >= 0.3 is 0 Å². The van der Waals surface area contributed by atoms with E-state index in [1.807, 2.05) is 0 Å². The standard InChI is InChI=1S/C10H14N2O2/c1-3-10(14)12-8-6-7(11-2)4-5-9(8)13/h4-6,11,13H,3H2,1-2H3,(H,12,14). The van der Waals surface area contributed by atoms with E-state index in [4.69, 9.17) is 0 Å². The van der Waals surface area contributed by atoms with Gasteiger partial charge in [-0.2, -0.15) is 0 Å². The van der Waals surface area contributed by atoms with Crippen LogP contribution < -0.4 is 10.6 Å². The Morgan fingerprint density at radius 1 is 1.50 bits per heavy atom. The third kappa shape index (κ3) is 2.39. The zero-order valence-electron chi connectivity index (χ0n) is 8.29. The number of phenols is 1. The average molecular weight is 194 g/mol. The lowest BCUT2D eigenvalue weighted by Gasteiger charge is -2.08. The van der Waals surface area contributed by atoms with Crippen LogP contribution in [0.15, 0.2) is 18.2 Å². The Bertz CT molecular complexity index is 337. The highest BCUT2D eigenvalue weighted by atomic mass is 16.3. The van der Waals surface area contributed by atoms with Gasteiger partial charge in [0.15, 0.2) is 0 Å². The summed E-state index contributed by atoms with van der Waals surface area (Å²) in [6.07, 6.45) is 0.392. The fourth-order valence-corrected chi connectivity index (χ4v) is 1.03. The molecule has 0 atom stereocenters.